The van der Waals surface area contributed by atoms with E-state index in [0.29, 0.717) is 11.7 Å². The molecule has 1 aromatic carbocycles. The first-order valence-electron chi connectivity index (χ1n) is 9.44. The summed E-state index contributed by atoms with van der Waals surface area (Å²) in [6.07, 6.45) is 6.27. The summed E-state index contributed by atoms with van der Waals surface area (Å²) < 4.78 is 5.56. The molecule has 0 saturated heterocycles. The van der Waals surface area contributed by atoms with Crippen molar-refractivity contribution >= 4 is 11.6 Å². The zero-order valence-electron chi connectivity index (χ0n) is 15.8. The molecule has 0 radical (unpaired) electrons. The Morgan fingerprint density at radius 2 is 1.89 bits per heavy atom. The quantitative estimate of drug-likeness (QED) is 0.705. The van der Waals surface area contributed by atoms with Crippen molar-refractivity contribution in [1.29, 1.82) is 0 Å². The molecule has 0 aliphatic heterocycles. The van der Waals surface area contributed by atoms with Crippen LogP contribution in [0.1, 0.15) is 24.1 Å². The van der Waals surface area contributed by atoms with E-state index in [0.717, 1.165) is 48.2 Å². The van der Waals surface area contributed by atoms with Crippen LogP contribution in [-0.2, 0) is 17.6 Å². The van der Waals surface area contributed by atoms with Gasteiger partial charge in [-0.15, -0.1) is 0 Å². The predicted molar refractivity (Wildman–Crippen MR) is 107 cm³/mol. The number of nitrogens with zero attached hydrogens (tertiary/aromatic N) is 3. The minimum atomic E-state index is -0.0840. The van der Waals surface area contributed by atoms with Crippen molar-refractivity contribution in [3.63, 3.8) is 0 Å². The number of ether oxygens (including phenoxy) is 1. The van der Waals surface area contributed by atoms with Gasteiger partial charge in [0.15, 0.2) is 5.82 Å². The van der Waals surface area contributed by atoms with E-state index in [1.165, 1.54) is 0 Å². The Bertz CT molecular complexity index is 961. The van der Waals surface area contributed by atoms with Gasteiger partial charge in [0.05, 0.1) is 24.7 Å². The van der Waals surface area contributed by atoms with Gasteiger partial charge in [-0.05, 0) is 37.8 Å². The maximum atomic E-state index is 12.7. The molecule has 1 aliphatic rings. The third-order valence-corrected chi connectivity index (χ3v) is 5.05. The summed E-state index contributed by atoms with van der Waals surface area (Å²) in [5.41, 5.74) is 3.66. The molecular formula is C22H22N4O2. The van der Waals surface area contributed by atoms with Crippen LogP contribution in [0, 0.1) is 5.92 Å². The summed E-state index contributed by atoms with van der Waals surface area (Å²) in [6, 6.07) is 13.5. The van der Waals surface area contributed by atoms with Gasteiger partial charge in [-0.1, -0.05) is 30.3 Å². The molecular weight excluding hydrogens is 352 g/mol. The van der Waals surface area contributed by atoms with Crippen LogP contribution in [0.5, 0.6) is 5.88 Å². The molecule has 0 fully saturated rings. The zero-order chi connectivity index (χ0) is 19.3. The van der Waals surface area contributed by atoms with Gasteiger partial charge in [0, 0.05) is 23.2 Å². The molecule has 2 aromatic heterocycles. The number of carbonyl (C=O) groups is 1. The zero-order valence-corrected chi connectivity index (χ0v) is 15.8. The van der Waals surface area contributed by atoms with Gasteiger partial charge < -0.3 is 10.1 Å². The summed E-state index contributed by atoms with van der Waals surface area (Å²) in [5.74, 6) is 1.21. The first-order valence-corrected chi connectivity index (χ1v) is 9.44. The monoisotopic (exact) mass is 374 g/mol. The van der Waals surface area contributed by atoms with Gasteiger partial charge >= 0.3 is 0 Å². The van der Waals surface area contributed by atoms with Gasteiger partial charge in [-0.3, -0.25) is 9.78 Å². The Morgan fingerprint density at radius 1 is 1.07 bits per heavy atom. The lowest BCUT2D eigenvalue weighted by atomic mass is 9.98. The Labute approximate surface area is 164 Å². The Morgan fingerprint density at radius 3 is 2.64 bits per heavy atom. The van der Waals surface area contributed by atoms with Gasteiger partial charge in [-0.2, -0.15) is 4.98 Å². The maximum absolute atomic E-state index is 12.7. The first-order chi connectivity index (χ1) is 13.7. The van der Waals surface area contributed by atoms with Crippen LogP contribution in [0.25, 0.3) is 11.4 Å². The number of aromatic nitrogens is 3. The van der Waals surface area contributed by atoms with E-state index in [2.05, 4.69) is 15.3 Å². The molecule has 1 aliphatic carbocycles. The Kier molecular flexibility index (Phi) is 5.28. The Balaban J connectivity index is 1.55. The molecule has 1 unspecified atom stereocenters. The topological polar surface area (TPSA) is 77.0 Å². The minimum Gasteiger partial charge on any atom is -0.481 e. The molecule has 142 valence electrons. The number of methoxy groups -OCH3 is 1. The maximum Gasteiger partial charge on any atom is 0.227 e. The van der Waals surface area contributed by atoms with Crippen LogP contribution in [0.2, 0.25) is 0 Å². The van der Waals surface area contributed by atoms with Crippen LogP contribution in [0.15, 0.2) is 54.9 Å². The van der Waals surface area contributed by atoms with Crippen molar-refractivity contribution in [2.24, 2.45) is 5.92 Å². The third kappa shape index (κ3) is 3.86. The van der Waals surface area contributed by atoms with Crippen LogP contribution >= 0.6 is 0 Å². The molecule has 1 atom stereocenters. The number of nitrogens with one attached hydrogen (secondary N) is 1. The molecule has 2 heterocycles. The van der Waals surface area contributed by atoms with Gasteiger partial charge in [-0.25, -0.2) is 4.98 Å². The second-order valence-electron chi connectivity index (χ2n) is 6.85. The molecule has 0 spiro atoms. The fourth-order valence-electron chi connectivity index (χ4n) is 3.57. The molecule has 3 aromatic rings. The second kappa shape index (κ2) is 8.17. The number of anilines is 1. The fraction of sp³-hybridized carbons (Fsp3) is 0.273. The van der Waals surface area contributed by atoms with E-state index in [4.69, 9.17) is 9.72 Å². The summed E-state index contributed by atoms with van der Waals surface area (Å²) >= 11 is 0. The standard InChI is InChI=1S/C22H22N4O2/c1-28-22-18-11-9-16(21(27)24-17-8-5-13-23-14-17)10-12-19(18)25-20(26-22)15-6-3-2-4-7-15/h2-8,13-14,16H,9-12H2,1H3,(H,24,27). The Hall–Kier alpha value is -3.28. The number of rotatable bonds is 4. The average Bonchev–Trinajstić information content (AvgIpc) is 2.97. The van der Waals surface area contributed by atoms with Crippen molar-refractivity contribution in [2.45, 2.75) is 25.7 Å². The summed E-state index contributed by atoms with van der Waals surface area (Å²) in [5, 5.41) is 2.96. The highest BCUT2D eigenvalue weighted by Crippen LogP contribution is 2.31. The largest absolute Gasteiger partial charge is 0.481 e. The highest BCUT2D eigenvalue weighted by molar-refractivity contribution is 5.92. The van der Waals surface area contributed by atoms with Gasteiger partial charge in [0.2, 0.25) is 11.8 Å². The first kappa shape index (κ1) is 18.1. The molecule has 0 bridgehead atoms. The van der Waals surface area contributed by atoms with Gasteiger partial charge in [0.1, 0.15) is 0 Å². The van der Waals surface area contributed by atoms with Crippen LogP contribution in [-0.4, -0.2) is 28.0 Å². The normalized spacial score (nSPS) is 16.0. The second-order valence-corrected chi connectivity index (χ2v) is 6.85. The smallest absolute Gasteiger partial charge is 0.227 e. The average molecular weight is 374 g/mol. The van der Waals surface area contributed by atoms with E-state index in [1.807, 2.05) is 42.5 Å². The number of hydrogen-bond acceptors (Lipinski definition) is 5. The third-order valence-electron chi connectivity index (χ3n) is 5.05. The van der Waals surface area contributed by atoms with Crippen molar-refractivity contribution in [2.75, 3.05) is 12.4 Å². The van der Waals surface area contributed by atoms with E-state index in [-0.39, 0.29) is 11.8 Å². The van der Waals surface area contributed by atoms with E-state index < -0.39 is 0 Å². The van der Waals surface area contributed by atoms with E-state index >= 15 is 0 Å². The molecule has 4 rings (SSSR count). The molecule has 6 nitrogen and oxygen atoms in total. The summed E-state index contributed by atoms with van der Waals surface area (Å²) in [4.78, 5) is 26.2. The summed E-state index contributed by atoms with van der Waals surface area (Å²) in [7, 11) is 1.63. The van der Waals surface area contributed by atoms with E-state index in [9.17, 15) is 4.79 Å². The molecule has 0 saturated carbocycles. The predicted octanol–water partition coefficient (Wildman–Crippen LogP) is 3.68. The van der Waals surface area contributed by atoms with Gasteiger partial charge in [0.25, 0.3) is 0 Å². The number of hydrogen-bond donors (Lipinski definition) is 1. The number of aryl methyl sites for hydroxylation is 1. The van der Waals surface area contributed by atoms with Crippen molar-refractivity contribution in [3.05, 3.63) is 66.1 Å². The van der Waals surface area contributed by atoms with Crippen LogP contribution in [0.4, 0.5) is 5.69 Å². The minimum absolute atomic E-state index is 0.0241. The fourth-order valence-corrected chi connectivity index (χ4v) is 3.57. The highest BCUT2D eigenvalue weighted by atomic mass is 16.5. The van der Waals surface area contributed by atoms with Crippen molar-refractivity contribution in [1.82, 2.24) is 15.0 Å². The highest BCUT2D eigenvalue weighted by Gasteiger charge is 2.26. The molecule has 1 N–H and O–H groups in total. The van der Waals surface area contributed by atoms with Crippen LogP contribution < -0.4 is 10.1 Å². The number of pyridine rings is 1. The lowest BCUT2D eigenvalue weighted by Crippen LogP contribution is -2.23. The molecule has 1 amide bonds. The number of fused-ring (bicyclic) bond motifs is 1. The molecule has 6 heteroatoms. The molecule has 28 heavy (non-hydrogen) atoms. The SMILES string of the molecule is COc1nc(-c2ccccc2)nc2c1CCC(C(=O)Nc1cccnc1)CC2. The van der Waals surface area contributed by atoms with Crippen molar-refractivity contribution in [3.8, 4) is 17.3 Å². The number of benzene rings is 1. The summed E-state index contributed by atoms with van der Waals surface area (Å²) in [6.45, 7) is 0. The van der Waals surface area contributed by atoms with Crippen LogP contribution in [0.3, 0.4) is 0 Å². The van der Waals surface area contributed by atoms with Crippen molar-refractivity contribution < 1.29 is 9.53 Å². The lowest BCUT2D eigenvalue weighted by molar-refractivity contribution is -0.120. The number of amides is 1. The van der Waals surface area contributed by atoms with E-state index in [1.54, 1.807) is 19.5 Å². The lowest BCUT2D eigenvalue weighted by Gasteiger charge is -2.13. The number of carbonyl (C=O) groups excluding carboxylic acids is 1.